The Morgan fingerprint density at radius 3 is 1.52 bits per heavy atom. The van der Waals surface area contributed by atoms with Gasteiger partial charge in [0.05, 0.1) is 49.0 Å². The Bertz CT molecular complexity index is 1140. The van der Waals surface area contributed by atoms with Gasteiger partial charge in [0.25, 0.3) is 4.06 Å². The second-order valence-electron chi connectivity index (χ2n) is 6.01. The third-order valence-electron chi connectivity index (χ3n) is 4.50. The molecule has 0 saturated heterocycles. The second kappa shape index (κ2) is 7.81. The van der Waals surface area contributed by atoms with Crippen molar-refractivity contribution in [3.05, 3.63) is 45.2 Å². The van der Waals surface area contributed by atoms with Gasteiger partial charge in [-0.25, -0.2) is 0 Å². The summed E-state index contributed by atoms with van der Waals surface area (Å²) < 4.78 is 29.5. The highest BCUT2D eigenvalue weighted by molar-refractivity contribution is 7.36. The van der Waals surface area contributed by atoms with Crippen LogP contribution in [0, 0.1) is 0 Å². The maximum atomic E-state index is 12.2. The molecule has 0 aliphatic heterocycles. The molecule has 150 valence electrons. The van der Waals surface area contributed by atoms with Gasteiger partial charge in [-0.2, -0.15) is 0 Å². The van der Waals surface area contributed by atoms with Gasteiger partial charge in [-0.3, -0.25) is 4.79 Å². The van der Waals surface area contributed by atoms with Gasteiger partial charge in [-0.1, -0.05) is 22.7 Å². The van der Waals surface area contributed by atoms with Crippen molar-refractivity contribution in [2.75, 3.05) is 28.4 Å². The van der Waals surface area contributed by atoms with E-state index in [0.717, 1.165) is 43.2 Å². The van der Waals surface area contributed by atoms with E-state index in [2.05, 4.69) is 0 Å². The van der Waals surface area contributed by atoms with Crippen molar-refractivity contribution in [2.24, 2.45) is 0 Å². The van der Waals surface area contributed by atoms with Crippen LogP contribution in [0.1, 0.15) is 0 Å². The molecule has 2 aromatic heterocycles. The average molecular weight is 431 g/mol. The number of hydrogen-bond acceptors (Lipinski definition) is 8. The van der Waals surface area contributed by atoms with Crippen LogP contribution >= 0.6 is 22.7 Å². The smallest absolute Gasteiger partial charge is 0.288 e. The molecule has 0 radical (unpaired) electrons. The number of benzene rings is 2. The minimum Gasteiger partial charge on any atom is -0.497 e. The first-order valence-corrected chi connectivity index (χ1v) is 10.2. The van der Waals surface area contributed by atoms with E-state index in [0.29, 0.717) is 34.5 Å². The molecule has 0 fully saturated rings. The summed E-state index contributed by atoms with van der Waals surface area (Å²) >= 11 is 2.31. The Kier molecular flexibility index (Phi) is 5.21. The Labute approximate surface area is 174 Å². The van der Waals surface area contributed by atoms with Crippen molar-refractivity contribution < 1.29 is 23.4 Å². The predicted molar refractivity (Wildman–Crippen MR) is 115 cm³/mol. The summed E-state index contributed by atoms with van der Waals surface area (Å²) in [6.07, 6.45) is 0. The number of hydrogen-bond donors (Lipinski definition) is 0. The third kappa shape index (κ3) is 3.34. The maximum Gasteiger partial charge on any atom is 0.288 e. The molecule has 0 bridgehead atoms. The molecule has 0 atom stereocenters. The number of rotatable bonds is 6. The summed E-state index contributed by atoms with van der Waals surface area (Å²) in [4.78, 5) is 12.2. The van der Waals surface area contributed by atoms with E-state index in [1.165, 1.54) is 0 Å². The summed E-state index contributed by atoms with van der Waals surface area (Å²) in [5.74, 6) is 3.69. The zero-order chi connectivity index (χ0) is 20.5. The van der Waals surface area contributed by atoms with Gasteiger partial charge in [0.15, 0.2) is 11.5 Å². The lowest BCUT2D eigenvalue weighted by Crippen LogP contribution is -1.90. The lowest BCUT2D eigenvalue weighted by Gasteiger charge is -2.10. The van der Waals surface area contributed by atoms with E-state index in [-0.39, 0.29) is 4.06 Å². The van der Waals surface area contributed by atoms with Gasteiger partial charge in [-0.05, 0) is 24.3 Å². The first kappa shape index (κ1) is 19.4. The topological polar surface area (TPSA) is 67.1 Å². The van der Waals surface area contributed by atoms with E-state index >= 15 is 0 Å². The first-order valence-electron chi connectivity index (χ1n) is 8.60. The molecule has 2 heterocycles. The highest BCUT2D eigenvalue weighted by atomic mass is 32.2. The summed E-state index contributed by atoms with van der Waals surface area (Å²) in [7, 11) is 6.36. The largest absolute Gasteiger partial charge is 0.497 e. The van der Waals surface area contributed by atoms with Crippen molar-refractivity contribution in [1.29, 1.82) is 0 Å². The van der Waals surface area contributed by atoms with E-state index in [9.17, 15) is 4.79 Å². The minimum atomic E-state index is -0.00624. The van der Waals surface area contributed by atoms with E-state index in [1.54, 1.807) is 40.6 Å². The first-order chi connectivity index (χ1) is 14.1. The number of methoxy groups -OCH3 is 4. The van der Waals surface area contributed by atoms with Crippen LogP contribution in [-0.4, -0.2) is 28.4 Å². The fourth-order valence-electron chi connectivity index (χ4n) is 3.10. The molecule has 8 heteroatoms. The van der Waals surface area contributed by atoms with Crippen LogP contribution in [0.4, 0.5) is 0 Å². The number of furan rings is 1. The van der Waals surface area contributed by atoms with Crippen LogP contribution in [0.5, 0.6) is 23.0 Å². The normalized spacial score (nSPS) is 10.9. The molecule has 29 heavy (non-hydrogen) atoms. The molecule has 0 spiro atoms. The molecule has 0 unspecified atom stereocenters. The van der Waals surface area contributed by atoms with Gasteiger partial charge in [0.2, 0.25) is 0 Å². The molecule has 0 amide bonds. The van der Waals surface area contributed by atoms with Crippen LogP contribution in [0.2, 0.25) is 0 Å². The molecule has 6 nitrogen and oxygen atoms in total. The SMILES string of the molecule is COc1ccc(-c2oc(-c3ccc(OC)cc3OC)c3sc(=O)sc23)c(OC)c1. The molecule has 0 N–H and O–H groups in total. The third-order valence-corrected chi connectivity index (χ3v) is 6.65. The van der Waals surface area contributed by atoms with Crippen molar-refractivity contribution in [2.45, 2.75) is 0 Å². The monoisotopic (exact) mass is 430 g/mol. The number of fused-ring (bicyclic) bond motifs is 1. The van der Waals surface area contributed by atoms with Crippen LogP contribution in [0.3, 0.4) is 0 Å². The second-order valence-corrected chi connectivity index (χ2v) is 8.23. The van der Waals surface area contributed by atoms with Crippen molar-refractivity contribution in [3.8, 4) is 45.6 Å². The summed E-state index contributed by atoms with van der Waals surface area (Å²) in [6.45, 7) is 0. The fourth-order valence-corrected chi connectivity index (χ4v) is 5.21. The average Bonchev–Trinajstić information content (AvgIpc) is 3.30. The lowest BCUT2D eigenvalue weighted by atomic mass is 10.1. The molecule has 0 saturated carbocycles. The van der Waals surface area contributed by atoms with Gasteiger partial charge in [0.1, 0.15) is 23.0 Å². The standard InChI is InChI=1S/C21H18O6S2/c1-23-11-5-7-13(15(9-11)25-3)17-19-20(29-21(22)28-19)18(27-17)14-8-6-12(24-2)10-16(14)26-4/h5-10H,1-4H3. The minimum absolute atomic E-state index is 0.00624. The highest BCUT2D eigenvalue weighted by Gasteiger charge is 2.24. The summed E-state index contributed by atoms with van der Waals surface area (Å²) in [5, 5.41) is 0. The molecule has 4 rings (SSSR count). The van der Waals surface area contributed by atoms with Crippen LogP contribution < -0.4 is 23.0 Å². The molecule has 0 aliphatic rings. The van der Waals surface area contributed by atoms with Crippen molar-refractivity contribution >= 4 is 32.1 Å². The van der Waals surface area contributed by atoms with Crippen LogP contribution in [0.25, 0.3) is 32.0 Å². The maximum absolute atomic E-state index is 12.2. The lowest BCUT2D eigenvalue weighted by molar-refractivity contribution is 0.394. The number of ether oxygens (including phenoxy) is 4. The van der Waals surface area contributed by atoms with Gasteiger partial charge >= 0.3 is 0 Å². The highest BCUT2D eigenvalue weighted by Crippen LogP contribution is 2.47. The van der Waals surface area contributed by atoms with Gasteiger partial charge in [-0.15, -0.1) is 0 Å². The van der Waals surface area contributed by atoms with Gasteiger partial charge in [0, 0.05) is 12.1 Å². The van der Waals surface area contributed by atoms with E-state index in [1.807, 2.05) is 24.3 Å². The van der Waals surface area contributed by atoms with Crippen molar-refractivity contribution in [1.82, 2.24) is 0 Å². The van der Waals surface area contributed by atoms with Crippen molar-refractivity contribution in [3.63, 3.8) is 0 Å². The van der Waals surface area contributed by atoms with E-state index in [4.69, 9.17) is 23.4 Å². The Balaban J connectivity index is 1.98. The molecule has 0 aliphatic carbocycles. The quantitative estimate of drug-likeness (QED) is 0.414. The van der Waals surface area contributed by atoms with Crippen LogP contribution in [-0.2, 0) is 0 Å². The molecule has 2 aromatic carbocycles. The Hall–Kier alpha value is -2.97. The summed E-state index contributed by atoms with van der Waals surface area (Å²) in [6, 6.07) is 10.9. The zero-order valence-electron chi connectivity index (χ0n) is 16.2. The zero-order valence-corrected chi connectivity index (χ0v) is 17.9. The molecular weight excluding hydrogens is 412 g/mol. The Morgan fingerprint density at radius 1 is 0.690 bits per heavy atom. The van der Waals surface area contributed by atoms with E-state index < -0.39 is 0 Å². The summed E-state index contributed by atoms with van der Waals surface area (Å²) in [5.41, 5.74) is 1.48. The molecular formula is C21H18O6S2. The predicted octanol–water partition coefficient (Wildman–Crippen LogP) is 5.28. The fraction of sp³-hybridized carbons (Fsp3) is 0.190. The van der Waals surface area contributed by atoms with Crippen LogP contribution in [0.15, 0.2) is 45.6 Å². The van der Waals surface area contributed by atoms with Gasteiger partial charge < -0.3 is 23.4 Å². The Morgan fingerprint density at radius 2 is 1.14 bits per heavy atom. The molecule has 4 aromatic rings.